The number of hydrogen-bond donors (Lipinski definition) is 0. The molecule has 0 saturated heterocycles. The van der Waals surface area contributed by atoms with Gasteiger partial charge in [0.25, 0.3) is 0 Å². The minimum Gasteiger partial charge on any atom is -0.494 e. The molecule has 0 N–H and O–H groups in total. The Kier molecular flexibility index (Phi) is 8.09. The standard InChI is InChI=1S/C26H42O/c1-4-6-7-21-8-17-26(20(3)19-21)24-11-9-22(10-12-24)23-13-15-25(16-14-23)27-18-5-2/h13-16,20-22,24,26H,4-12,17-19H2,1-3H3. The lowest BCUT2D eigenvalue weighted by Crippen LogP contribution is -2.31. The van der Waals surface area contributed by atoms with Crippen LogP contribution >= 0.6 is 0 Å². The summed E-state index contributed by atoms with van der Waals surface area (Å²) in [6.45, 7) is 7.87. The van der Waals surface area contributed by atoms with Gasteiger partial charge in [-0.1, -0.05) is 58.6 Å². The van der Waals surface area contributed by atoms with Gasteiger partial charge in [0, 0.05) is 0 Å². The first-order chi connectivity index (χ1) is 13.2. The Morgan fingerprint density at radius 1 is 0.889 bits per heavy atom. The number of hydrogen-bond acceptors (Lipinski definition) is 1. The fourth-order valence-corrected chi connectivity index (χ4v) is 5.92. The Hall–Kier alpha value is -0.980. The highest BCUT2D eigenvalue weighted by Crippen LogP contribution is 2.46. The predicted octanol–water partition coefficient (Wildman–Crippen LogP) is 7.99. The summed E-state index contributed by atoms with van der Waals surface area (Å²) in [5.41, 5.74) is 1.54. The summed E-state index contributed by atoms with van der Waals surface area (Å²) >= 11 is 0. The largest absolute Gasteiger partial charge is 0.494 e. The maximum Gasteiger partial charge on any atom is 0.119 e. The summed E-state index contributed by atoms with van der Waals surface area (Å²) in [6, 6.07) is 8.99. The molecule has 3 unspecified atom stereocenters. The monoisotopic (exact) mass is 370 g/mol. The second-order valence-corrected chi connectivity index (χ2v) is 9.49. The summed E-state index contributed by atoms with van der Waals surface area (Å²) in [5.74, 6) is 5.79. The summed E-state index contributed by atoms with van der Waals surface area (Å²) in [4.78, 5) is 0. The van der Waals surface area contributed by atoms with Crippen molar-refractivity contribution in [3.05, 3.63) is 29.8 Å². The van der Waals surface area contributed by atoms with Crippen molar-refractivity contribution in [3.8, 4) is 5.75 Å². The number of ether oxygens (including phenoxy) is 1. The SMILES string of the molecule is CCCCC1CCC(C2CCC(c3ccc(OCCC)cc3)CC2)C(C)C1. The van der Waals surface area contributed by atoms with E-state index in [1.165, 1.54) is 69.8 Å². The molecule has 1 heteroatoms. The van der Waals surface area contributed by atoms with E-state index in [4.69, 9.17) is 4.74 Å². The summed E-state index contributed by atoms with van der Waals surface area (Å²) in [7, 11) is 0. The smallest absolute Gasteiger partial charge is 0.119 e. The number of rotatable bonds is 8. The van der Waals surface area contributed by atoms with E-state index in [1.54, 1.807) is 0 Å². The molecule has 3 rings (SSSR count). The Morgan fingerprint density at radius 2 is 1.63 bits per heavy atom. The molecule has 0 heterocycles. The quantitative estimate of drug-likeness (QED) is 0.450. The fourth-order valence-electron chi connectivity index (χ4n) is 5.92. The van der Waals surface area contributed by atoms with Crippen LogP contribution in [-0.2, 0) is 0 Å². The van der Waals surface area contributed by atoms with E-state index in [0.717, 1.165) is 48.4 Å². The fraction of sp³-hybridized carbons (Fsp3) is 0.769. The molecule has 0 amide bonds. The van der Waals surface area contributed by atoms with E-state index in [9.17, 15) is 0 Å². The highest BCUT2D eigenvalue weighted by Gasteiger charge is 2.35. The molecule has 2 saturated carbocycles. The second kappa shape index (κ2) is 10.5. The molecule has 27 heavy (non-hydrogen) atoms. The van der Waals surface area contributed by atoms with Crippen LogP contribution in [-0.4, -0.2) is 6.61 Å². The van der Waals surface area contributed by atoms with Crippen LogP contribution < -0.4 is 4.74 Å². The van der Waals surface area contributed by atoms with E-state index in [-0.39, 0.29) is 0 Å². The first-order valence-corrected chi connectivity index (χ1v) is 11.9. The molecule has 0 aromatic heterocycles. The lowest BCUT2D eigenvalue weighted by Gasteiger charge is -2.42. The molecule has 1 aromatic carbocycles. The van der Waals surface area contributed by atoms with E-state index < -0.39 is 0 Å². The molecule has 2 aliphatic carbocycles. The van der Waals surface area contributed by atoms with Crippen molar-refractivity contribution in [3.63, 3.8) is 0 Å². The zero-order chi connectivity index (χ0) is 19.1. The molecule has 152 valence electrons. The lowest BCUT2D eigenvalue weighted by atomic mass is 9.64. The van der Waals surface area contributed by atoms with Gasteiger partial charge < -0.3 is 4.74 Å². The molecule has 0 bridgehead atoms. The average molecular weight is 371 g/mol. The van der Waals surface area contributed by atoms with Gasteiger partial charge in [-0.15, -0.1) is 0 Å². The summed E-state index contributed by atoms with van der Waals surface area (Å²) in [5, 5.41) is 0. The van der Waals surface area contributed by atoms with Crippen LogP contribution in [0.3, 0.4) is 0 Å². The molecule has 2 fully saturated rings. The Bertz CT molecular complexity index is 526. The third-order valence-corrected chi connectivity index (χ3v) is 7.51. The molecule has 1 aromatic rings. The predicted molar refractivity (Wildman–Crippen MR) is 116 cm³/mol. The lowest BCUT2D eigenvalue weighted by molar-refractivity contribution is 0.102. The Labute approximate surface area is 168 Å². The van der Waals surface area contributed by atoms with Crippen molar-refractivity contribution in [1.29, 1.82) is 0 Å². The molecule has 0 aliphatic heterocycles. The van der Waals surface area contributed by atoms with Gasteiger partial charge in [-0.3, -0.25) is 0 Å². The molecular formula is C26H42O. The highest BCUT2D eigenvalue weighted by atomic mass is 16.5. The van der Waals surface area contributed by atoms with Gasteiger partial charge in [-0.2, -0.15) is 0 Å². The van der Waals surface area contributed by atoms with Crippen molar-refractivity contribution in [2.75, 3.05) is 6.61 Å². The number of benzene rings is 1. The van der Waals surface area contributed by atoms with E-state index >= 15 is 0 Å². The van der Waals surface area contributed by atoms with Gasteiger partial charge in [0.15, 0.2) is 0 Å². The summed E-state index contributed by atoms with van der Waals surface area (Å²) in [6.07, 6.45) is 15.6. The zero-order valence-corrected chi connectivity index (χ0v) is 18.1. The van der Waals surface area contributed by atoms with Gasteiger partial charge in [0.05, 0.1) is 6.61 Å². The number of unbranched alkanes of at least 4 members (excludes halogenated alkanes) is 1. The molecule has 0 spiro atoms. The van der Waals surface area contributed by atoms with Gasteiger partial charge >= 0.3 is 0 Å². The first kappa shape index (κ1) is 20.7. The maximum atomic E-state index is 5.74. The Balaban J connectivity index is 1.46. The highest BCUT2D eigenvalue weighted by molar-refractivity contribution is 5.29. The van der Waals surface area contributed by atoms with Crippen molar-refractivity contribution >= 4 is 0 Å². The average Bonchev–Trinajstić information content (AvgIpc) is 2.71. The van der Waals surface area contributed by atoms with Crippen molar-refractivity contribution in [1.82, 2.24) is 0 Å². The van der Waals surface area contributed by atoms with Crippen LogP contribution in [0, 0.1) is 23.7 Å². The molecular weight excluding hydrogens is 328 g/mol. The van der Waals surface area contributed by atoms with Crippen LogP contribution in [0.25, 0.3) is 0 Å². The third-order valence-electron chi connectivity index (χ3n) is 7.51. The van der Waals surface area contributed by atoms with Crippen molar-refractivity contribution < 1.29 is 4.74 Å². The van der Waals surface area contributed by atoms with Crippen molar-refractivity contribution in [2.24, 2.45) is 23.7 Å². The first-order valence-electron chi connectivity index (χ1n) is 11.9. The van der Waals surface area contributed by atoms with E-state index in [2.05, 4.69) is 45.0 Å². The van der Waals surface area contributed by atoms with Crippen LogP contribution in [0.15, 0.2) is 24.3 Å². The van der Waals surface area contributed by atoms with Gasteiger partial charge in [-0.25, -0.2) is 0 Å². The normalized spacial score (nSPS) is 31.6. The second-order valence-electron chi connectivity index (χ2n) is 9.49. The van der Waals surface area contributed by atoms with Crippen LogP contribution in [0.2, 0.25) is 0 Å². The topological polar surface area (TPSA) is 9.23 Å². The minimum absolute atomic E-state index is 0.776. The van der Waals surface area contributed by atoms with E-state index in [0.29, 0.717) is 0 Å². The van der Waals surface area contributed by atoms with Gasteiger partial charge in [0.1, 0.15) is 5.75 Å². The van der Waals surface area contributed by atoms with Crippen molar-refractivity contribution in [2.45, 2.75) is 97.3 Å². The molecule has 1 nitrogen and oxygen atoms in total. The summed E-state index contributed by atoms with van der Waals surface area (Å²) < 4.78 is 5.74. The van der Waals surface area contributed by atoms with Crippen LogP contribution in [0.4, 0.5) is 0 Å². The molecule has 3 atom stereocenters. The van der Waals surface area contributed by atoms with Gasteiger partial charge in [-0.05, 0) is 92.2 Å². The minimum atomic E-state index is 0.776. The molecule has 0 radical (unpaired) electrons. The Morgan fingerprint density at radius 3 is 2.26 bits per heavy atom. The van der Waals surface area contributed by atoms with Gasteiger partial charge in [0.2, 0.25) is 0 Å². The van der Waals surface area contributed by atoms with Crippen LogP contribution in [0.5, 0.6) is 5.75 Å². The van der Waals surface area contributed by atoms with E-state index in [1.807, 2.05) is 0 Å². The third kappa shape index (κ3) is 5.75. The zero-order valence-electron chi connectivity index (χ0n) is 18.1. The van der Waals surface area contributed by atoms with Crippen LogP contribution in [0.1, 0.15) is 103 Å². The maximum absolute atomic E-state index is 5.74. The molecule has 2 aliphatic rings.